The van der Waals surface area contributed by atoms with Crippen molar-refractivity contribution in [3.05, 3.63) is 65.5 Å². The van der Waals surface area contributed by atoms with Gasteiger partial charge in [-0.1, -0.05) is 24.3 Å². The summed E-state index contributed by atoms with van der Waals surface area (Å²) < 4.78 is 18.0. The average molecular weight is 245 g/mol. The number of nitrogens with two attached hydrogens (primary N) is 1. The van der Waals surface area contributed by atoms with Crippen molar-refractivity contribution >= 4 is 0 Å². The molecule has 0 aromatic heterocycles. The first-order valence-electron chi connectivity index (χ1n) is 5.84. The molecular weight excluding hydrogens is 229 g/mol. The van der Waals surface area contributed by atoms with Crippen LogP contribution in [-0.2, 0) is 0 Å². The lowest BCUT2D eigenvalue weighted by atomic mass is 9.91. The zero-order valence-corrected chi connectivity index (χ0v) is 10.3. The van der Waals surface area contributed by atoms with E-state index in [9.17, 15) is 4.39 Å². The van der Waals surface area contributed by atoms with Gasteiger partial charge in [-0.2, -0.15) is 0 Å². The van der Waals surface area contributed by atoms with Gasteiger partial charge in [0.1, 0.15) is 11.6 Å². The summed E-state index contributed by atoms with van der Waals surface area (Å²) in [5.41, 5.74) is 7.94. The Morgan fingerprint density at radius 3 is 1.94 bits per heavy atom. The molecule has 0 aliphatic rings. The van der Waals surface area contributed by atoms with Crippen LogP contribution in [0.25, 0.3) is 0 Å². The molecule has 94 valence electrons. The minimum atomic E-state index is -0.232. The predicted molar refractivity (Wildman–Crippen MR) is 70.3 cm³/mol. The van der Waals surface area contributed by atoms with Gasteiger partial charge in [-0.3, -0.25) is 0 Å². The summed E-state index contributed by atoms with van der Waals surface area (Å²) in [5.74, 6) is 0.661. The zero-order valence-electron chi connectivity index (χ0n) is 10.3. The van der Waals surface area contributed by atoms with Crippen LogP contribution in [0.5, 0.6) is 5.75 Å². The van der Waals surface area contributed by atoms with Crippen LogP contribution in [0.15, 0.2) is 48.5 Å². The Labute approximate surface area is 106 Å². The van der Waals surface area contributed by atoms with Crippen LogP contribution in [0.1, 0.15) is 17.0 Å². The Bertz CT molecular complexity index is 493. The predicted octanol–water partition coefficient (Wildman–Crippen LogP) is 2.92. The van der Waals surface area contributed by atoms with Gasteiger partial charge in [0.05, 0.1) is 7.11 Å². The van der Waals surface area contributed by atoms with Crippen molar-refractivity contribution in [3.8, 4) is 5.75 Å². The lowest BCUT2D eigenvalue weighted by Gasteiger charge is -2.16. The molecule has 0 saturated carbocycles. The third-order valence-corrected chi connectivity index (χ3v) is 3.03. The van der Waals surface area contributed by atoms with Gasteiger partial charge in [0, 0.05) is 12.5 Å². The van der Waals surface area contributed by atoms with E-state index in [4.69, 9.17) is 10.5 Å². The van der Waals surface area contributed by atoms with Gasteiger partial charge in [0.2, 0.25) is 0 Å². The second-order valence-corrected chi connectivity index (χ2v) is 4.11. The quantitative estimate of drug-likeness (QED) is 0.898. The van der Waals surface area contributed by atoms with Crippen molar-refractivity contribution in [3.63, 3.8) is 0 Å². The number of ether oxygens (including phenoxy) is 1. The lowest BCUT2D eigenvalue weighted by Crippen LogP contribution is -2.13. The summed E-state index contributed by atoms with van der Waals surface area (Å²) in [5, 5.41) is 0. The van der Waals surface area contributed by atoms with Gasteiger partial charge in [-0.15, -0.1) is 0 Å². The molecule has 0 heterocycles. The van der Waals surface area contributed by atoms with Gasteiger partial charge >= 0.3 is 0 Å². The Morgan fingerprint density at radius 1 is 1.00 bits per heavy atom. The third-order valence-electron chi connectivity index (χ3n) is 3.03. The molecule has 2 aromatic rings. The molecule has 0 spiro atoms. The number of rotatable bonds is 4. The molecule has 0 bridgehead atoms. The van der Waals surface area contributed by atoms with Gasteiger partial charge in [0.25, 0.3) is 0 Å². The van der Waals surface area contributed by atoms with Crippen LogP contribution in [-0.4, -0.2) is 13.7 Å². The van der Waals surface area contributed by atoms with E-state index < -0.39 is 0 Å². The Balaban J connectivity index is 2.29. The minimum absolute atomic E-state index is 0.0801. The highest BCUT2D eigenvalue weighted by Crippen LogP contribution is 2.25. The van der Waals surface area contributed by atoms with Crippen molar-refractivity contribution in [2.24, 2.45) is 5.73 Å². The van der Waals surface area contributed by atoms with Crippen LogP contribution >= 0.6 is 0 Å². The second kappa shape index (κ2) is 5.65. The number of hydrogen-bond donors (Lipinski definition) is 1. The first-order chi connectivity index (χ1) is 8.74. The first kappa shape index (κ1) is 12.6. The summed E-state index contributed by atoms with van der Waals surface area (Å²) in [7, 11) is 1.63. The van der Waals surface area contributed by atoms with E-state index in [0.717, 1.165) is 16.9 Å². The van der Waals surface area contributed by atoms with Crippen molar-refractivity contribution in [2.75, 3.05) is 13.7 Å². The van der Waals surface area contributed by atoms with Gasteiger partial charge in [0.15, 0.2) is 0 Å². The van der Waals surface area contributed by atoms with Gasteiger partial charge < -0.3 is 10.5 Å². The lowest BCUT2D eigenvalue weighted by molar-refractivity contribution is 0.414. The van der Waals surface area contributed by atoms with E-state index in [2.05, 4.69) is 0 Å². The molecule has 0 aliphatic carbocycles. The number of halogens is 1. The molecule has 0 fully saturated rings. The summed E-state index contributed by atoms with van der Waals surface area (Å²) in [6.45, 7) is 0.484. The van der Waals surface area contributed by atoms with E-state index in [1.54, 1.807) is 19.2 Å². The van der Waals surface area contributed by atoms with E-state index in [1.165, 1.54) is 12.1 Å². The van der Waals surface area contributed by atoms with E-state index in [0.29, 0.717) is 6.54 Å². The van der Waals surface area contributed by atoms with Gasteiger partial charge in [-0.25, -0.2) is 4.39 Å². The highest BCUT2D eigenvalue weighted by atomic mass is 19.1. The summed E-state index contributed by atoms with van der Waals surface area (Å²) in [6.07, 6.45) is 0. The molecule has 2 rings (SSSR count). The van der Waals surface area contributed by atoms with Crippen molar-refractivity contribution < 1.29 is 9.13 Å². The van der Waals surface area contributed by atoms with Crippen LogP contribution in [0, 0.1) is 5.82 Å². The fraction of sp³-hybridized carbons (Fsp3) is 0.200. The largest absolute Gasteiger partial charge is 0.497 e. The first-order valence-corrected chi connectivity index (χ1v) is 5.84. The molecule has 2 nitrogen and oxygen atoms in total. The zero-order chi connectivity index (χ0) is 13.0. The second-order valence-electron chi connectivity index (χ2n) is 4.11. The molecule has 18 heavy (non-hydrogen) atoms. The van der Waals surface area contributed by atoms with E-state index in [-0.39, 0.29) is 11.7 Å². The standard InChI is InChI=1S/C15H16FNO/c1-18-14-8-4-12(5-9-14)15(10-17)11-2-6-13(16)7-3-11/h2-9,15H,10,17H2,1H3. The number of hydrogen-bond acceptors (Lipinski definition) is 2. The van der Waals surface area contributed by atoms with Crippen molar-refractivity contribution in [2.45, 2.75) is 5.92 Å². The average Bonchev–Trinajstić information content (AvgIpc) is 2.42. The monoisotopic (exact) mass is 245 g/mol. The van der Waals surface area contributed by atoms with Crippen LogP contribution in [0.3, 0.4) is 0 Å². The van der Waals surface area contributed by atoms with Crippen molar-refractivity contribution in [1.29, 1.82) is 0 Å². The fourth-order valence-electron chi connectivity index (χ4n) is 2.00. The fourth-order valence-corrected chi connectivity index (χ4v) is 2.00. The summed E-state index contributed by atoms with van der Waals surface area (Å²) >= 11 is 0. The highest BCUT2D eigenvalue weighted by Gasteiger charge is 2.12. The molecule has 0 aliphatic heterocycles. The SMILES string of the molecule is COc1ccc(C(CN)c2ccc(F)cc2)cc1. The van der Waals surface area contributed by atoms with Crippen LogP contribution in [0.4, 0.5) is 4.39 Å². The molecule has 3 heteroatoms. The smallest absolute Gasteiger partial charge is 0.123 e. The molecule has 2 aromatic carbocycles. The van der Waals surface area contributed by atoms with Crippen LogP contribution < -0.4 is 10.5 Å². The number of benzene rings is 2. The Morgan fingerprint density at radius 2 is 1.50 bits per heavy atom. The van der Waals surface area contributed by atoms with E-state index >= 15 is 0 Å². The molecule has 1 unspecified atom stereocenters. The molecule has 2 N–H and O–H groups in total. The molecule has 0 radical (unpaired) electrons. The maximum atomic E-state index is 12.9. The minimum Gasteiger partial charge on any atom is -0.497 e. The normalized spacial score (nSPS) is 12.2. The highest BCUT2D eigenvalue weighted by molar-refractivity contribution is 5.36. The van der Waals surface area contributed by atoms with Gasteiger partial charge in [-0.05, 0) is 35.4 Å². The molecular formula is C15H16FNO. The molecule has 0 saturated heterocycles. The topological polar surface area (TPSA) is 35.2 Å². The summed E-state index contributed by atoms with van der Waals surface area (Å²) in [6, 6.07) is 14.2. The Kier molecular flexibility index (Phi) is 3.95. The van der Waals surface area contributed by atoms with Crippen LogP contribution in [0.2, 0.25) is 0 Å². The van der Waals surface area contributed by atoms with E-state index in [1.807, 2.05) is 24.3 Å². The summed E-state index contributed by atoms with van der Waals surface area (Å²) in [4.78, 5) is 0. The molecule has 1 atom stereocenters. The third kappa shape index (κ3) is 2.68. The van der Waals surface area contributed by atoms with Crippen molar-refractivity contribution in [1.82, 2.24) is 0 Å². The Hall–Kier alpha value is -1.87. The maximum absolute atomic E-state index is 12.9. The number of methoxy groups -OCH3 is 1. The molecule has 0 amide bonds. The maximum Gasteiger partial charge on any atom is 0.123 e.